The summed E-state index contributed by atoms with van der Waals surface area (Å²) >= 11 is 0. The lowest BCUT2D eigenvalue weighted by Crippen LogP contribution is -2.49. The molecule has 1 rings (SSSR count). The molecule has 0 aliphatic carbocycles. The second-order valence-corrected chi connectivity index (χ2v) is 7.27. The number of non-ortho nitro benzene ring substituents is 1. The lowest BCUT2D eigenvalue weighted by atomic mass is 9.95. The van der Waals surface area contributed by atoms with Crippen LogP contribution in [0.1, 0.15) is 37.8 Å². The van der Waals surface area contributed by atoms with Gasteiger partial charge in [0.1, 0.15) is 0 Å². The number of nitrogens with zero attached hydrogens (tertiary/aromatic N) is 1. The Balaban J connectivity index is 0.00000484. The van der Waals surface area contributed by atoms with Gasteiger partial charge in [-0.2, -0.15) is 0 Å². The summed E-state index contributed by atoms with van der Waals surface area (Å²) in [6, 6.07) is 2.44. The number of halogens is 1. The Kier molecular flexibility index (Phi) is 7.62. The number of nitro groups is 1. The largest absolute Gasteiger partial charge is 0.324 e. The third-order valence-corrected chi connectivity index (χ3v) is 5.65. The van der Waals surface area contributed by atoms with Gasteiger partial charge in [0.15, 0.2) is 0 Å². The molecule has 7 nitrogen and oxygen atoms in total. The van der Waals surface area contributed by atoms with E-state index in [4.69, 9.17) is 5.73 Å². The first-order valence-corrected chi connectivity index (χ1v) is 8.59. The maximum absolute atomic E-state index is 12.5. The van der Waals surface area contributed by atoms with E-state index in [1.54, 1.807) is 13.8 Å². The van der Waals surface area contributed by atoms with E-state index >= 15 is 0 Å². The number of hydrogen-bond acceptors (Lipinski definition) is 5. The number of nitrogens with two attached hydrogens (primary N) is 1. The Morgan fingerprint density at radius 2 is 1.78 bits per heavy atom. The van der Waals surface area contributed by atoms with Gasteiger partial charge in [-0.3, -0.25) is 10.1 Å². The van der Waals surface area contributed by atoms with Crippen LogP contribution < -0.4 is 10.5 Å². The maximum Gasteiger partial charge on any atom is 0.271 e. The summed E-state index contributed by atoms with van der Waals surface area (Å²) in [5.41, 5.74) is 6.27. The Labute approximate surface area is 143 Å². The van der Waals surface area contributed by atoms with Crippen molar-refractivity contribution in [2.24, 2.45) is 5.73 Å². The molecule has 0 radical (unpaired) electrons. The first-order chi connectivity index (χ1) is 10.1. The van der Waals surface area contributed by atoms with E-state index in [2.05, 4.69) is 4.72 Å². The summed E-state index contributed by atoms with van der Waals surface area (Å²) in [4.78, 5) is 10.2. The molecule has 23 heavy (non-hydrogen) atoms. The third-order valence-electron chi connectivity index (χ3n) is 4.13. The minimum Gasteiger partial charge on any atom is -0.324 e. The van der Waals surface area contributed by atoms with E-state index in [1.807, 2.05) is 13.8 Å². The zero-order chi connectivity index (χ0) is 17.1. The molecule has 9 heteroatoms. The van der Waals surface area contributed by atoms with Gasteiger partial charge in [0.05, 0.1) is 9.82 Å². The lowest BCUT2D eigenvalue weighted by molar-refractivity contribution is -0.385. The number of sulfonamides is 1. The molecule has 0 saturated heterocycles. The molecule has 0 spiro atoms. The van der Waals surface area contributed by atoms with Crippen LogP contribution in [0.3, 0.4) is 0 Å². The van der Waals surface area contributed by atoms with Crippen molar-refractivity contribution in [2.45, 2.75) is 51.0 Å². The normalized spacial score (nSPS) is 11.9. The number of aryl methyl sites for hydroxylation is 1. The van der Waals surface area contributed by atoms with E-state index < -0.39 is 20.5 Å². The van der Waals surface area contributed by atoms with Crippen molar-refractivity contribution in [1.82, 2.24) is 4.72 Å². The number of hydrogen-bond donors (Lipinski definition) is 2. The summed E-state index contributed by atoms with van der Waals surface area (Å²) in [7, 11) is -3.86. The van der Waals surface area contributed by atoms with Gasteiger partial charge in [0.2, 0.25) is 10.0 Å². The molecule has 0 amide bonds. The zero-order valence-electron chi connectivity index (χ0n) is 13.8. The van der Waals surface area contributed by atoms with Crippen LogP contribution in [0.15, 0.2) is 17.0 Å². The smallest absolute Gasteiger partial charge is 0.271 e. The van der Waals surface area contributed by atoms with Gasteiger partial charge in [-0.05, 0) is 37.8 Å². The summed E-state index contributed by atoms with van der Waals surface area (Å²) < 4.78 is 27.4. The Morgan fingerprint density at radius 1 is 1.26 bits per heavy atom. The highest BCUT2D eigenvalue weighted by Gasteiger charge is 2.26. The van der Waals surface area contributed by atoms with E-state index in [0.29, 0.717) is 24.0 Å². The van der Waals surface area contributed by atoms with E-state index in [0.717, 1.165) is 6.07 Å². The monoisotopic (exact) mass is 365 g/mol. The fourth-order valence-electron chi connectivity index (χ4n) is 2.01. The highest BCUT2D eigenvalue weighted by molar-refractivity contribution is 7.89. The third kappa shape index (κ3) is 5.13. The van der Waals surface area contributed by atoms with Crippen molar-refractivity contribution in [2.75, 3.05) is 6.54 Å². The second kappa shape index (κ2) is 8.05. The SMILES string of the molecule is CCC(N)(CC)CNS(=O)(=O)c1cc([N+](=O)[O-])cc(C)c1C.Cl. The van der Waals surface area contributed by atoms with Crippen LogP contribution >= 0.6 is 12.4 Å². The molecule has 0 aliphatic heterocycles. The summed E-state index contributed by atoms with van der Waals surface area (Å²) in [5.74, 6) is 0. The van der Waals surface area contributed by atoms with Gasteiger partial charge in [-0.25, -0.2) is 13.1 Å². The molecule has 0 bridgehead atoms. The van der Waals surface area contributed by atoms with Crippen molar-refractivity contribution in [3.63, 3.8) is 0 Å². The molecule has 0 heterocycles. The zero-order valence-corrected chi connectivity index (χ0v) is 15.4. The standard InChI is InChI=1S/C14H23N3O4S.ClH/c1-5-14(15,6-2)9-16-22(20,21)13-8-12(17(18)19)7-10(3)11(13)4;/h7-8,16H,5-6,9,15H2,1-4H3;1H. The number of rotatable bonds is 7. The summed E-state index contributed by atoms with van der Waals surface area (Å²) in [5, 5.41) is 10.9. The maximum atomic E-state index is 12.5. The molecule has 1 aromatic rings. The quantitative estimate of drug-likeness (QED) is 0.568. The van der Waals surface area contributed by atoms with Crippen molar-refractivity contribution in [1.29, 1.82) is 0 Å². The Bertz CT molecular complexity index is 673. The summed E-state index contributed by atoms with van der Waals surface area (Å²) in [6.45, 7) is 7.14. The molecule has 0 saturated carbocycles. The lowest BCUT2D eigenvalue weighted by Gasteiger charge is -2.27. The van der Waals surface area contributed by atoms with Crippen molar-refractivity contribution < 1.29 is 13.3 Å². The van der Waals surface area contributed by atoms with E-state index in [1.165, 1.54) is 6.07 Å². The molecule has 0 fully saturated rings. The predicted molar refractivity (Wildman–Crippen MR) is 92.5 cm³/mol. The molecule has 1 aromatic carbocycles. The van der Waals surface area contributed by atoms with Crippen LogP contribution in [0, 0.1) is 24.0 Å². The minimum absolute atomic E-state index is 0. The van der Waals surface area contributed by atoms with Crippen LogP contribution in [0.4, 0.5) is 5.69 Å². The number of nitro benzene ring substituents is 1. The molecular weight excluding hydrogens is 342 g/mol. The van der Waals surface area contributed by atoms with Gasteiger partial charge in [-0.1, -0.05) is 13.8 Å². The van der Waals surface area contributed by atoms with Gasteiger partial charge >= 0.3 is 0 Å². The van der Waals surface area contributed by atoms with E-state index in [-0.39, 0.29) is 29.5 Å². The first kappa shape index (κ1) is 21.8. The van der Waals surface area contributed by atoms with Gasteiger partial charge in [0, 0.05) is 24.2 Å². The van der Waals surface area contributed by atoms with Crippen LogP contribution in [0.25, 0.3) is 0 Å². The fraction of sp³-hybridized carbons (Fsp3) is 0.571. The molecule has 0 atom stereocenters. The van der Waals surface area contributed by atoms with Crippen LogP contribution in [0.5, 0.6) is 0 Å². The van der Waals surface area contributed by atoms with Crippen LogP contribution in [-0.4, -0.2) is 25.4 Å². The topological polar surface area (TPSA) is 115 Å². The number of benzene rings is 1. The molecule has 0 aromatic heterocycles. The van der Waals surface area contributed by atoms with Crippen LogP contribution in [-0.2, 0) is 10.0 Å². The molecule has 0 aliphatic rings. The van der Waals surface area contributed by atoms with Crippen LogP contribution in [0.2, 0.25) is 0 Å². The Morgan fingerprint density at radius 3 is 2.22 bits per heavy atom. The molecule has 132 valence electrons. The van der Waals surface area contributed by atoms with Crippen molar-refractivity contribution in [3.05, 3.63) is 33.4 Å². The molecule has 0 unspecified atom stereocenters. The average Bonchev–Trinajstić information content (AvgIpc) is 2.47. The first-order valence-electron chi connectivity index (χ1n) is 7.10. The van der Waals surface area contributed by atoms with Crippen molar-refractivity contribution in [3.8, 4) is 0 Å². The van der Waals surface area contributed by atoms with E-state index in [9.17, 15) is 18.5 Å². The minimum atomic E-state index is -3.86. The Hall–Kier alpha value is -1.22. The number of nitrogens with one attached hydrogen (secondary N) is 1. The highest BCUT2D eigenvalue weighted by Crippen LogP contribution is 2.25. The van der Waals surface area contributed by atoms with Gasteiger partial charge in [0.25, 0.3) is 5.69 Å². The van der Waals surface area contributed by atoms with Gasteiger partial charge < -0.3 is 5.73 Å². The van der Waals surface area contributed by atoms with Crippen molar-refractivity contribution >= 4 is 28.1 Å². The highest BCUT2D eigenvalue weighted by atomic mass is 35.5. The van der Waals surface area contributed by atoms with Gasteiger partial charge in [-0.15, -0.1) is 12.4 Å². The second-order valence-electron chi connectivity index (χ2n) is 5.54. The summed E-state index contributed by atoms with van der Waals surface area (Å²) in [6.07, 6.45) is 1.25. The predicted octanol–water partition coefficient (Wildman–Crippen LogP) is 2.43. The molecule has 3 N–H and O–H groups in total. The fourth-order valence-corrected chi connectivity index (χ4v) is 3.48. The molecular formula is C14H24ClN3O4S. The average molecular weight is 366 g/mol.